The highest BCUT2D eigenvalue weighted by molar-refractivity contribution is 7.99. The number of carbonyl (C=O) groups is 1. The standard InChI is InChI=1S/C17H20F4N2OS/c18-11-4-5-15-13(9-11)14(6-7-25-15)23-16(24)22-12-3-1-2-10(8-12)17(19,20)21/h4-5,9-10,12,14H,1-3,6-8H2,(H2,22,23,24). The molecule has 3 unspecified atom stereocenters. The maximum Gasteiger partial charge on any atom is 0.391 e. The van der Waals surface area contributed by atoms with E-state index in [1.54, 1.807) is 17.8 Å². The first kappa shape index (κ1) is 18.4. The smallest absolute Gasteiger partial charge is 0.335 e. The number of benzene rings is 1. The van der Waals surface area contributed by atoms with Crippen molar-refractivity contribution in [3.63, 3.8) is 0 Å². The van der Waals surface area contributed by atoms with Crippen molar-refractivity contribution in [1.29, 1.82) is 0 Å². The summed E-state index contributed by atoms with van der Waals surface area (Å²) in [5.74, 6) is -0.926. The van der Waals surface area contributed by atoms with E-state index in [0.717, 1.165) is 16.2 Å². The van der Waals surface area contributed by atoms with E-state index in [1.807, 2.05) is 0 Å². The van der Waals surface area contributed by atoms with Gasteiger partial charge in [-0.05, 0) is 49.4 Å². The van der Waals surface area contributed by atoms with Crippen molar-refractivity contribution in [2.45, 2.75) is 55.3 Å². The molecule has 1 aromatic carbocycles. The highest BCUT2D eigenvalue weighted by Crippen LogP contribution is 2.38. The summed E-state index contributed by atoms with van der Waals surface area (Å²) >= 11 is 1.60. The van der Waals surface area contributed by atoms with Crippen molar-refractivity contribution in [3.8, 4) is 0 Å². The van der Waals surface area contributed by atoms with Gasteiger partial charge >= 0.3 is 12.2 Å². The van der Waals surface area contributed by atoms with Gasteiger partial charge in [-0.3, -0.25) is 0 Å². The van der Waals surface area contributed by atoms with Gasteiger partial charge in [0.15, 0.2) is 0 Å². The van der Waals surface area contributed by atoms with Gasteiger partial charge < -0.3 is 10.6 Å². The third-order valence-corrected chi connectivity index (χ3v) is 5.91. The van der Waals surface area contributed by atoms with Crippen molar-refractivity contribution < 1.29 is 22.4 Å². The Hall–Kier alpha value is -1.44. The predicted octanol–water partition coefficient (Wildman–Crippen LogP) is 4.78. The van der Waals surface area contributed by atoms with Crippen LogP contribution in [0.1, 0.15) is 43.7 Å². The van der Waals surface area contributed by atoms with Gasteiger partial charge in [0, 0.05) is 16.7 Å². The van der Waals surface area contributed by atoms with Crippen LogP contribution < -0.4 is 10.6 Å². The van der Waals surface area contributed by atoms with Crippen LogP contribution in [0.4, 0.5) is 22.4 Å². The Morgan fingerprint density at radius 1 is 1.16 bits per heavy atom. The lowest BCUT2D eigenvalue weighted by molar-refractivity contribution is -0.183. The molecule has 0 radical (unpaired) electrons. The quantitative estimate of drug-likeness (QED) is 0.729. The summed E-state index contributed by atoms with van der Waals surface area (Å²) in [5.41, 5.74) is 0.725. The number of halogens is 4. The molecule has 0 bridgehead atoms. The van der Waals surface area contributed by atoms with Gasteiger partial charge in [0.05, 0.1) is 12.0 Å². The molecule has 25 heavy (non-hydrogen) atoms. The minimum absolute atomic E-state index is 0.0807. The molecule has 1 fully saturated rings. The van der Waals surface area contributed by atoms with Gasteiger partial charge in [-0.15, -0.1) is 11.8 Å². The summed E-state index contributed by atoms with van der Waals surface area (Å²) in [6.45, 7) is 0. The molecule has 8 heteroatoms. The second-order valence-electron chi connectivity index (χ2n) is 6.59. The van der Waals surface area contributed by atoms with Gasteiger partial charge in [-0.2, -0.15) is 13.2 Å². The van der Waals surface area contributed by atoms with Crippen molar-refractivity contribution in [3.05, 3.63) is 29.6 Å². The van der Waals surface area contributed by atoms with Gasteiger partial charge in [0.1, 0.15) is 5.82 Å². The van der Waals surface area contributed by atoms with Crippen LogP contribution >= 0.6 is 11.8 Å². The SMILES string of the molecule is O=C(NC1CCCC(C(F)(F)F)C1)NC1CCSc2ccc(F)cc21. The zero-order chi connectivity index (χ0) is 18.0. The Morgan fingerprint density at radius 2 is 1.96 bits per heavy atom. The van der Waals surface area contributed by atoms with Gasteiger partial charge in [0.25, 0.3) is 0 Å². The van der Waals surface area contributed by atoms with Crippen LogP contribution in [0.5, 0.6) is 0 Å². The fourth-order valence-corrected chi connectivity index (χ4v) is 4.62. The number of carbonyl (C=O) groups excluding carboxylic acids is 1. The molecule has 1 saturated carbocycles. The number of urea groups is 1. The molecule has 1 aliphatic carbocycles. The van der Waals surface area contributed by atoms with Gasteiger partial charge in [0.2, 0.25) is 0 Å². The van der Waals surface area contributed by atoms with Crippen LogP contribution in [0.25, 0.3) is 0 Å². The highest BCUT2D eigenvalue weighted by Gasteiger charge is 2.42. The maximum atomic E-state index is 13.5. The van der Waals surface area contributed by atoms with Crippen LogP contribution in [0.3, 0.4) is 0 Å². The molecule has 3 rings (SSSR count). The Labute approximate surface area is 147 Å². The molecule has 1 aromatic rings. The van der Waals surface area contributed by atoms with Crippen LogP contribution in [0.2, 0.25) is 0 Å². The molecule has 2 aliphatic rings. The fourth-order valence-electron chi connectivity index (χ4n) is 3.52. The molecule has 2 amide bonds. The van der Waals surface area contributed by atoms with Crippen molar-refractivity contribution >= 4 is 17.8 Å². The molecule has 1 heterocycles. The molecule has 3 nitrogen and oxygen atoms in total. The van der Waals surface area contributed by atoms with Crippen LogP contribution in [0.15, 0.2) is 23.1 Å². The number of nitrogens with one attached hydrogen (secondary N) is 2. The summed E-state index contributed by atoms with van der Waals surface area (Å²) in [4.78, 5) is 13.2. The predicted molar refractivity (Wildman–Crippen MR) is 88.0 cm³/mol. The molecule has 138 valence electrons. The molecule has 2 N–H and O–H groups in total. The third-order valence-electron chi connectivity index (χ3n) is 4.79. The van der Waals surface area contributed by atoms with Crippen LogP contribution in [0, 0.1) is 11.7 Å². The molecular weight excluding hydrogens is 356 g/mol. The first-order valence-corrected chi connectivity index (χ1v) is 9.37. The van der Waals surface area contributed by atoms with E-state index in [0.29, 0.717) is 19.3 Å². The summed E-state index contributed by atoms with van der Waals surface area (Å²) in [7, 11) is 0. The number of hydrogen-bond donors (Lipinski definition) is 2. The second-order valence-corrected chi connectivity index (χ2v) is 7.73. The van der Waals surface area contributed by atoms with E-state index in [2.05, 4.69) is 10.6 Å². The van der Waals surface area contributed by atoms with E-state index in [4.69, 9.17) is 0 Å². The Kier molecular flexibility index (Phi) is 5.46. The largest absolute Gasteiger partial charge is 0.391 e. The first-order valence-electron chi connectivity index (χ1n) is 8.39. The number of hydrogen-bond acceptors (Lipinski definition) is 2. The van der Waals surface area contributed by atoms with Crippen molar-refractivity contribution in [2.24, 2.45) is 5.92 Å². The minimum atomic E-state index is -4.21. The van der Waals surface area contributed by atoms with Gasteiger partial charge in [-0.25, -0.2) is 9.18 Å². The van der Waals surface area contributed by atoms with Crippen molar-refractivity contribution in [1.82, 2.24) is 10.6 Å². The second kappa shape index (κ2) is 7.43. The lowest BCUT2D eigenvalue weighted by Gasteiger charge is -2.32. The molecular formula is C17H20F4N2OS. The Balaban J connectivity index is 1.59. The molecule has 3 atom stereocenters. The zero-order valence-corrected chi connectivity index (χ0v) is 14.4. The lowest BCUT2D eigenvalue weighted by Crippen LogP contribution is -2.47. The molecule has 0 aromatic heterocycles. The van der Waals surface area contributed by atoms with E-state index < -0.39 is 24.2 Å². The lowest BCUT2D eigenvalue weighted by atomic mass is 9.85. The van der Waals surface area contributed by atoms with Crippen LogP contribution in [-0.4, -0.2) is 24.0 Å². The topological polar surface area (TPSA) is 41.1 Å². The first-order chi connectivity index (χ1) is 11.8. The molecule has 0 saturated heterocycles. The number of amides is 2. The monoisotopic (exact) mass is 376 g/mol. The van der Waals surface area contributed by atoms with E-state index in [9.17, 15) is 22.4 Å². The average Bonchev–Trinajstić information content (AvgIpc) is 2.55. The Morgan fingerprint density at radius 3 is 2.72 bits per heavy atom. The third kappa shape index (κ3) is 4.59. The average molecular weight is 376 g/mol. The summed E-state index contributed by atoms with van der Waals surface area (Å²) in [6, 6.07) is 3.19. The number of rotatable bonds is 2. The summed E-state index contributed by atoms with van der Waals surface area (Å²) < 4.78 is 52.1. The highest BCUT2D eigenvalue weighted by atomic mass is 32.2. The van der Waals surface area contributed by atoms with Crippen molar-refractivity contribution in [2.75, 3.05) is 5.75 Å². The van der Waals surface area contributed by atoms with Crippen LogP contribution in [-0.2, 0) is 0 Å². The van der Waals surface area contributed by atoms with E-state index in [-0.39, 0.29) is 24.7 Å². The number of fused-ring (bicyclic) bond motifs is 1. The number of alkyl halides is 3. The minimum Gasteiger partial charge on any atom is -0.335 e. The summed E-state index contributed by atoms with van der Waals surface area (Å²) in [5, 5.41) is 5.45. The Bertz CT molecular complexity index is 638. The maximum absolute atomic E-state index is 13.5. The van der Waals surface area contributed by atoms with E-state index in [1.165, 1.54) is 12.1 Å². The van der Waals surface area contributed by atoms with E-state index >= 15 is 0 Å². The fraction of sp³-hybridized carbons (Fsp3) is 0.588. The summed E-state index contributed by atoms with van der Waals surface area (Å²) in [6.07, 6.45) is -2.52. The van der Waals surface area contributed by atoms with Gasteiger partial charge in [-0.1, -0.05) is 6.42 Å². The molecule has 1 aliphatic heterocycles. The molecule has 0 spiro atoms. The normalized spacial score (nSPS) is 26.6. The zero-order valence-electron chi connectivity index (χ0n) is 13.5. The number of thioether (sulfide) groups is 1.